The van der Waals surface area contributed by atoms with Gasteiger partial charge in [-0.1, -0.05) is 24.3 Å². The lowest BCUT2D eigenvalue weighted by Crippen LogP contribution is -2.28. The van der Waals surface area contributed by atoms with Crippen molar-refractivity contribution in [3.63, 3.8) is 0 Å². The van der Waals surface area contributed by atoms with Crippen molar-refractivity contribution < 1.29 is 17.8 Å². The minimum absolute atomic E-state index is 0.0522. The van der Waals surface area contributed by atoms with Crippen LogP contribution in [0.15, 0.2) is 41.3 Å². The summed E-state index contributed by atoms with van der Waals surface area (Å²) in [6, 6.07) is 9.85. The molecule has 132 valence electrons. The van der Waals surface area contributed by atoms with Crippen molar-refractivity contribution in [2.24, 2.45) is 0 Å². The number of rotatable bonds is 8. The Morgan fingerprint density at radius 2 is 1.84 bits per heavy atom. The van der Waals surface area contributed by atoms with Crippen LogP contribution in [0, 0.1) is 12.3 Å². The van der Waals surface area contributed by atoms with Crippen molar-refractivity contribution in [2.75, 3.05) is 18.4 Å². The highest BCUT2D eigenvalue weighted by atomic mass is 32.2. The van der Waals surface area contributed by atoms with Gasteiger partial charge in [0.15, 0.2) is 0 Å². The molecule has 2 rings (SSSR count). The topological polar surface area (TPSA) is 95.5 Å². The van der Waals surface area contributed by atoms with Crippen LogP contribution < -0.4 is 10.6 Å². The number of fused-ring (bicyclic) bond motifs is 1. The summed E-state index contributed by atoms with van der Waals surface area (Å²) in [5.41, 5.74) is 0.726. The average molecular weight is 360 g/mol. The smallest absolute Gasteiger partial charge is 0.295 e. The van der Waals surface area contributed by atoms with Crippen molar-refractivity contribution in [2.45, 2.75) is 24.2 Å². The van der Waals surface area contributed by atoms with Crippen molar-refractivity contribution in [3.05, 3.63) is 36.4 Å². The van der Waals surface area contributed by atoms with Crippen molar-refractivity contribution >= 4 is 32.5 Å². The summed E-state index contributed by atoms with van der Waals surface area (Å²) in [7, 11) is -4.29. The summed E-state index contributed by atoms with van der Waals surface area (Å²) in [4.78, 5) is 11.5. The number of benzene rings is 2. The van der Waals surface area contributed by atoms with Gasteiger partial charge in [0.05, 0.1) is 0 Å². The molecule has 0 atom stereocenters. The van der Waals surface area contributed by atoms with Gasteiger partial charge in [-0.2, -0.15) is 8.42 Å². The molecule has 0 saturated heterocycles. The number of unbranched alkanes of at least 4 members (excludes halogenated alkanes) is 1. The maximum absolute atomic E-state index is 11.6. The summed E-state index contributed by atoms with van der Waals surface area (Å²) in [6.07, 6.45) is 6.78. The van der Waals surface area contributed by atoms with E-state index in [0.717, 1.165) is 5.69 Å². The van der Waals surface area contributed by atoms with E-state index in [2.05, 4.69) is 16.6 Å². The Kier molecular flexibility index (Phi) is 6.39. The zero-order chi connectivity index (χ0) is 18.3. The lowest BCUT2D eigenvalue weighted by Gasteiger charge is -2.12. The molecule has 6 nitrogen and oxygen atoms in total. The van der Waals surface area contributed by atoms with Gasteiger partial charge in [0.25, 0.3) is 10.1 Å². The Labute approximate surface area is 147 Å². The molecule has 0 radical (unpaired) electrons. The van der Waals surface area contributed by atoms with E-state index in [-0.39, 0.29) is 10.8 Å². The third-order valence-corrected chi connectivity index (χ3v) is 4.56. The second-order valence-corrected chi connectivity index (χ2v) is 6.86. The minimum Gasteiger partial charge on any atom is -0.383 e. The van der Waals surface area contributed by atoms with E-state index >= 15 is 0 Å². The molecule has 0 aromatic heterocycles. The predicted molar refractivity (Wildman–Crippen MR) is 97.9 cm³/mol. The maximum Gasteiger partial charge on any atom is 0.295 e. The van der Waals surface area contributed by atoms with Gasteiger partial charge in [-0.15, -0.1) is 12.3 Å². The van der Waals surface area contributed by atoms with Crippen LogP contribution in [0.4, 0.5) is 5.69 Å². The third kappa shape index (κ3) is 5.21. The molecular weight excluding hydrogens is 340 g/mol. The highest BCUT2D eigenvalue weighted by Gasteiger charge is 2.14. The highest BCUT2D eigenvalue weighted by molar-refractivity contribution is 7.86. The number of carbonyl (C=O) groups is 1. The molecule has 1 amide bonds. The molecule has 0 bridgehead atoms. The van der Waals surface area contributed by atoms with Gasteiger partial charge in [0, 0.05) is 42.4 Å². The fourth-order valence-electron chi connectivity index (χ4n) is 2.50. The molecule has 0 saturated carbocycles. The summed E-state index contributed by atoms with van der Waals surface area (Å²) >= 11 is 0. The van der Waals surface area contributed by atoms with Crippen LogP contribution in [0.5, 0.6) is 0 Å². The quantitative estimate of drug-likeness (QED) is 0.382. The van der Waals surface area contributed by atoms with Crippen molar-refractivity contribution in [3.8, 4) is 12.3 Å². The number of nitrogens with one attached hydrogen (secondary N) is 2. The largest absolute Gasteiger partial charge is 0.383 e. The van der Waals surface area contributed by atoms with Gasteiger partial charge in [0.1, 0.15) is 4.90 Å². The Hall–Kier alpha value is -2.56. The maximum atomic E-state index is 11.6. The summed E-state index contributed by atoms with van der Waals surface area (Å²) < 4.78 is 32.3. The number of hydrogen-bond donors (Lipinski definition) is 3. The zero-order valence-electron chi connectivity index (χ0n) is 13.7. The van der Waals surface area contributed by atoms with E-state index in [1.54, 1.807) is 24.3 Å². The standard InChI is InChI=1S/C18H20N2O4S/c1-2-3-4-11-18(21)20-13-12-19-16-9-5-8-15-14(16)7-6-10-17(15)25(22,23)24/h1,5-10,19H,3-4,11-13H2,(H,20,21)(H,22,23,24). The van der Waals surface area contributed by atoms with Crippen molar-refractivity contribution in [1.29, 1.82) is 0 Å². The number of carbonyl (C=O) groups excluding carboxylic acids is 1. The molecular formula is C18H20N2O4S. The Morgan fingerprint density at radius 1 is 1.12 bits per heavy atom. The molecule has 2 aromatic carbocycles. The van der Waals surface area contributed by atoms with Crippen LogP contribution in [-0.4, -0.2) is 32.0 Å². The SMILES string of the molecule is C#CCCCC(=O)NCCNc1cccc2c(S(=O)(=O)O)cccc12. The van der Waals surface area contributed by atoms with Gasteiger partial charge in [-0.3, -0.25) is 9.35 Å². The van der Waals surface area contributed by atoms with Crippen LogP contribution in [0.2, 0.25) is 0 Å². The molecule has 0 aliphatic rings. The first kappa shape index (κ1) is 18.8. The fourth-order valence-corrected chi connectivity index (χ4v) is 3.21. The molecule has 2 aromatic rings. The molecule has 25 heavy (non-hydrogen) atoms. The van der Waals surface area contributed by atoms with E-state index < -0.39 is 10.1 Å². The van der Waals surface area contributed by atoms with Gasteiger partial charge in [-0.05, 0) is 18.6 Å². The fraction of sp³-hybridized carbons (Fsp3) is 0.278. The van der Waals surface area contributed by atoms with E-state index in [4.69, 9.17) is 6.42 Å². The monoisotopic (exact) mass is 360 g/mol. The molecule has 3 N–H and O–H groups in total. The molecule has 0 spiro atoms. The predicted octanol–water partition coefficient (Wildman–Crippen LogP) is 2.42. The molecule has 7 heteroatoms. The van der Waals surface area contributed by atoms with Crippen LogP contribution in [0.3, 0.4) is 0 Å². The molecule has 0 heterocycles. The van der Waals surface area contributed by atoms with Crippen LogP contribution in [0.25, 0.3) is 10.8 Å². The summed E-state index contributed by atoms with van der Waals surface area (Å²) in [6.45, 7) is 0.916. The first-order valence-electron chi connectivity index (χ1n) is 7.87. The second kappa shape index (κ2) is 8.51. The van der Waals surface area contributed by atoms with Gasteiger partial charge < -0.3 is 10.6 Å². The Balaban J connectivity index is 2.01. The van der Waals surface area contributed by atoms with Crippen LogP contribution >= 0.6 is 0 Å². The van der Waals surface area contributed by atoms with E-state index in [9.17, 15) is 17.8 Å². The van der Waals surface area contributed by atoms with Gasteiger partial charge in [0.2, 0.25) is 5.91 Å². The first-order valence-corrected chi connectivity index (χ1v) is 9.31. The minimum atomic E-state index is -4.29. The summed E-state index contributed by atoms with van der Waals surface area (Å²) in [5, 5.41) is 7.07. The first-order chi connectivity index (χ1) is 11.9. The normalized spacial score (nSPS) is 11.0. The molecule has 0 unspecified atom stereocenters. The lowest BCUT2D eigenvalue weighted by atomic mass is 10.1. The molecule has 0 aliphatic heterocycles. The Morgan fingerprint density at radius 3 is 2.56 bits per heavy atom. The Bertz CT molecular complexity index is 901. The number of anilines is 1. The van der Waals surface area contributed by atoms with Crippen LogP contribution in [-0.2, 0) is 14.9 Å². The second-order valence-electron chi connectivity index (χ2n) is 5.47. The van der Waals surface area contributed by atoms with E-state index in [1.165, 1.54) is 6.07 Å². The summed E-state index contributed by atoms with van der Waals surface area (Å²) in [5.74, 6) is 2.44. The number of amides is 1. The van der Waals surface area contributed by atoms with E-state index in [0.29, 0.717) is 43.1 Å². The van der Waals surface area contributed by atoms with Crippen molar-refractivity contribution in [1.82, 2.24) is 5.32 Å². The number of terminal acetylenes is 1. The highest BCUT2D eigenvalue weighted by Crippen LogP contribution is 2.28. The lowest BCUT2D eigenvalue weighted by molar-refractivity contribution is -0.121. The zero-order valence-corrected chi connectivity index (χ0v) is 14.5. The van der Waals surface area contributed by atoms with Crippen LogP contribution in [0.1, 0.15) is 19.3 Å². The average Bonchev–Trinajstić information content (AvgIpc) is 2.57. The van der Waals surface area contributed by atoms with Gasteiger partial charge >= 0.3 is 0 Å². The third-order valence-electron chi connectivity index (χ3n) is 3.65. The molecule has 0 aliphatic carbocycles. The number of hydrogen-bond acceptors (Lipinski definition) is 4. The van der Waals surface area contributed by atoms with E-state index in [1.807, 2.05) is 6.07 Å². The molecule has 0 fully saturated rings. The van der Waals surface area contributed by atoms with Gasteiger partial charge in [-0.25, -0.2) is 0 Å².